The topological polar surface area (TPSA) is 108 Å². The number of nitrogens with zero attached hydrogens (tertiary/aromatic N) is 4. The molecule has 7 heteroatoms. The number of Topliss-reactive ketones (excluding diaryl/α,β-unsaturated/α-hetero) is 1. The molecule has 7 nitrogen and oxygen atoms in total. The summed E-state index contributed by atoms with van der Waals surface area (Å²) in [7, 11) is 0. The number of tetrazole rings is 1. The molecule has 0 amide bonds. The van der Waals surface area contributed by atoms with E-state index in [1.165, 1.54) is 0 Å². The second kappa shape index (κ2) is 3.83. The predicted molar refractivity (Wildman–Crippen MR) is 59.5 cm³/mol. The van der Waals surface area contributed by atoms with Crippen molar-refractivity contribution in [2.75, 3.05) is 0 Å². The maximum atomic E-state index is 11.9. The van der Waals surface area contributed by atoms with Gasteiger partial charge in [-0.15, -0.1) is 5.10 Å². The van der Waals surface area contributed by atoms with Crippen molar-refractivity contribution in [2.24, 2.45) is 16.8 Å². The van der Waals surface area contributed by atoms with Crippen molar-refractivity contribution in [3.05, 3.63) is 0 Å². The molecule has 0 bridgehead atoms. The van der Waals surface area contributed by atoms with Crippen LogP contribution < -0.4 is 0 Å². The average Bonchev–Trinajstić information content (AvgIpc) is 2.94. The quantitative estimate of drug-likeness (QED) is 0.742. The Kier molecular flexibility index (Phi) is 2.31. The highest BCUT2D eigenvalue weighted by molar-refractivity contribution is 6.70. The first kappa shape index (κ1) is 10.2. The van der Waals surface area contributed by atoms with Crippen LogP contribution in [-0.2, 0) is 4.79 Å². The van der Waals surface area contributed by atoms with Crippen LogP contribution in [0.3, 0.4) is 0 Å². The molecule has 88 valence electrons. The van der Waals surface area contributed by atoms with Gasteiger partial charge >= 0.3 is 0 Å². The van der Waals surface area contributed by atoms with Crippen LogP contribution in [0.2, 0.25) is 0 Å². The van der Waals surface area contributed by atoms with Gasteiger partial charge in [0.25, 0.3) is 5.95 Å². The second-order valence-electron chi connectivity index (χ2n) is 4.45. The molecule has 2 fully saturated rings. The Labute approximate surface area is 97.2 Å². The van der Waals surface area contributed by atoms with Crippen LogP contribution in [0, 0.1) is 17.2 Å². The number of aliphatic imine (C=N–C) groups is 1. The summed E-state index contributed by atoms with van der Waals surface area (Å²) in [5.74, 6) is 0.171. The fraction of sp³-hybridized carbons (Fsp3) is 0.600. The Morgan fingerprint density at radius 2 is 2.06 bits per heavy atom. The third kappa shape index (κ3) is 1.58. The molecule has 2 aliphatic carbocycles. The van der Waals surface area contributed by atoms with Crippen LogP contribution in [0.25, 0.3) is 0 Å². The molecule has 0 aliphatic heterocycles. The molecule has 2 saturated carbocycles. The fourth-order valence-electron chi connectivity index (χ4n) is 2.72. The molecular formula is C10H12N6O. The van der Waals surface area contributed by atoms with Gasteiger partial charge in [-0.3, -0.25) is 10.2 Å². The number of carbonyl (C=O) groups is 1. The molecule has 3 rings (SSSR count). The number of H-pyrrole nitrogens is 1. The molecule has 1 aromatic heterocycles. The molecule has 1 heterocycles. The lowest BCUT2D eigenvalue weighted by molar-refractivity contribution is -0.117. The standard InChI is InChI=1S/C10H12N6O/c11-7-8(12-10-13-15-16-14-10)5-3-1-2-4-6(5)9(7)17/h5-6,11H,1-4H2,(H,13,14,15,16). The van der Waals surface area contributed by atoms with Crippen molar-refractivity contribution in [1.82, 2.24) is 20.6 Å². The normalized spacial score (nSPS) is 30.9. The Bertz CT molecular complexity index is 491. The average molecular weight is 232 g/mol. The summed E-state index contributed by atoms with van der Waals surface area (Å²) in [4.78, 5) is 16.1. The third-order valence-corrected chi connectivity index (χ3v) is 3.51. The smallest absolute Gasteiger partial charge is 0.289 e. The zero-order chi connectivity index (χ0) is 11.8. The number of nitrogens with one attached hydrogen (secondary N) is 2. The van der Waals surface area contributed by atoms with Crippen LogP contribution >= 0.6 is 0 Å². The van der Waals surface area contributed by atoms with Gasteiger partial charge in [-0.1, -0.05) is 17.9 Å². The molecule has 0 radical (unpaired) electrons. The summed E-state index contributed by atoms with van der Waals surface area (Å²) in [5.41, 5.74) is 0.577. The molecular weight excluding hydrogens is 220 g/mol. The van der Waals surface area contributed by atoms with E-state index in [9.17, 15) is 4.79 Å². The van der Waals surface area contributed by atoms with Gasteiger partial charge in [0, 0.05) is 11.8 Å². The third-order valence-electron chi connectivity index (χ3n) is 3.51. The van der Waals surface area contributed by atoms with E-state index in [1.54, 1.807) is 0 Å². The summed E-state index contributed by atoms with van der Waals surface area (Å²) < 4.78 is 0. The number of carbonyl (C=O) groups excluding carboxylic acids is 1. The van der Waals surface area contributed by atoms with Crippen molar-refractivity contribution in [3.63, 3.8) is 0 Å². The molecule has 2 N–H and O–H groups in total. The summed E-state index contributed by atoms with van der Waals surface area (Å²) >= 11 is 0. The predicted octanol–water partition coefficient (Wildman–Crippen LogP) is 0.681. The van der Waals surface area contributed by atoms with E-state index < -0.39 is 0 Å². The number of fused-ring (bicyclic) bond motifs is 1. The van der Waals surface area contributed by atoms with Crippen molar-refractivity contribution in [3.8, 4) is 0 Å². The first-order valence-electron chi connectivity index (χ1n) is 5.72. The molecule has 0 saturated heterocycles. The van der Waals surface area contributed by atoms with Gasteiger partial charge in [0.05, 0.1) is 5.71 Å². The van der Waals surface area contributed by atoms with E-state index in [0.29, 0.717) is 5.71 Å². The van der Waals surface area contributed by atoms with Crippen LogP contribution in [-0.4, -0.2) is 37.8 Å². The lowest BCUT2D eigenvalue weighted by Crippen LogP contribution is -2.21. The highest BCUT2D eigenvalue weighted by atomic mass is 16.1. The number of aromatic nitrogens is 4. The molecule has 0 aromatic carbocycles. The van der Waals surface area contributed by atoms with Gasteiger partial charge in [-0.25, -0.2) is 4.99 Å². The molecule has 0 spiro atoms. The van der Waals surface area contributed by atoms with E-state index in [-0.39, 0.29) is 29.3 Å². The minimum absolute atomic E-state index is 0.0340. The van der Waals surface area contributed by atoms with Crippen LogP contribution in [0.4, 0.5) is 5.95 Å². The monoisotopic (exact) mass is 232 g/mol. The molecule has 2 atom stereocenters. The number of aromatic amines is 1. The van der Waals surface area contributed by atoms with E-state index in [4.69, 9.17) is 5.41 Å². The lowest BCUT2D eigenvalue weighted by atomic mass is 9.81. The molecule has 17 heavy (non-hydrogen) atoms. The van der Waals surface area contributed by atoms with E-state index in [2.05, 4.69) is 25.6 Å². The summed E-state index contributed by atoms with van der Waals surface area (Å²) in [6, 6.07) is 0. The lowest BCUT2D eigenvalue weighted by Gasteiger charge is -2.22. The summed E-state index contributed by atoms with van der Waals surface area (Å²) in [6.07, 6.45) is 3.95. The fourth-order valence-corrected chi connectivity index (χ4v) is 2.72. The first-order valence-corrected chi connectivity index (χ1v) is 5.72. The SMILES string of the molecule is N=C1C(=O)C2CCCCC2C1=Nc1nn[nH]n1. The van der Waals surface area contributed by atoms with Crippen LogP contribution in [0.5, 0.6) is 0 Å². The van der Waals surface area contributed by atoms with Crippen molar-refractivity contribution < 1.29 is 4.79 Å². The molecule has 2 unspecified atom stereocenters. The van der Waals surface area contributed by atoms with Crippen molar-refractivity contribution in [2.45, 2.75) is 25.7 Å². The zero-order valence-corrected chi connectivity index (χ0v) is 9.18. The summed E-state index contributed by atoms with van der Waals surface area (Å²) in [5, 5.41) is 21.0. The highest BCUT2D eigenvalue weighted by Gasteiger charge is 2.45. The van der Waals surface area contributed by atoms with Gasteiger partial charge < -0.3 is 0 Å². The van der Waals surface area contributed by atoms with E-state index >= 15 is 0 Å². The van der Waals surface area contributed by atoms with Gasteiger partial charge in [-0.2, -0.15) is 5.21 Å². The van der Waals surface area contributed by atoms with Gasteiger partial charge in [-0.05, 0) is 18.1 Å². The van der Waals surface area contributed by atoms with Crippen LogP contribution in [0.1, 0.15) is 25.7 Å². The van der Waals surface area contributed by atoms with Gasteiger partial charge in [0.1, 0.15) is 5.71 Å². The van der Waals surface area contributed by atoms with Gasteiger partial charge in [0.2, 0.25) is 0 Å². The zero-order valence-electron chi connectivity index (χ0n) is 9.18. The van der Waals surface area contributed by atoms with Crippen molar-refractivity contribution in [1.29, 1.82) is 5.41 Å². The molecule has 2 aliphatic rings. The highest BCUT2D eigenvalue weighted by Crippen LogP contribution is 2.37. The number of hydrogen-bond acceptors (Lipinski definition) is 6. The Balaban J connectivity index is 1.98. The van der Waals surface area contributed by atoms with Crippen LogP contribution in [0.15, 0.2) is 4.99 Å². The Morgan fingerprint density at radius 3 is 2.76 bits per heavy atom. The minimum Gasteiger partial charge on any atom is -0.296 e. The van der Waals surface area contributed by atoms with Gasteiger partial charge in [0.15, 0.2) is 5.78 Å². The number of ketones is 1. The molecule has 1 aromatic rings. The van der Waals surface area contributed by atoms with E-state index in [0.717, 1.165) is 25.7 Å². The van der Waals surface area contributed by atoms with Crippen molar-refractivity contribution >= 4 is 23.2 Å². The Hall–Kier alpha value is -1.92. The second-order valence-corrected chi connectivity index (χ2v) is 4.45. The Morgan fingerprint density at radius 1 is 1.29 bits per heavy atom. The summed E-state index contributed by atoms with van der Waals surface area (Å²) in [6.45, 7) is 0. The maximum Gasteiger partial charge on any atom is 0.289 e. The minimum atomic E-state index is -0.0723. The van der Waals surface area contributed by atoms with E-state index in [1.807, 2.05) is 0 Å². The first-order chi connectivity index (χ1) is 8.27. The number of rotatable bonds is 1. The largest absolute Gasteiger partial charge is 0.296 e. The number of hydrogen-bond donors (Lipinski definition) is 2. The maximum absolute atomic E-state index is 11.9.